The summed E-state index contributed by atoms with van der Waals surface area (Å²) < 4.78 is 14.7. The first-order chi connectivity index (χ1) is 36.3. The highest BCUT2D eigenvalue weighted by Crippen LogP contribution is 2.65. The smallest absolute Gasteiger partial charge is 0.160 e. The molecule has 15 rings (SSSR count). The molecule has 14 aromatic rings. The maximum Gasteiger partial charge on any atom is 0.160 e. The zero-order valence-electron chi connectivity index (χ0n) is 39.6. The third-order valence-electron chi connectivity index (χ3n) is 15.3. The zero-order chi connectivity index (χ0) is 48.0. The van der Waals surface area contributed by atoms with Gasteiger partial charge in [-0.25, -0.2) is 0 Å². The van der Waals surface area contributed by atoms with Gasteiger partial charge in [0.15, 0.2) is 11.2 Å². The molecule has 342 valence electrons. The lowest BCUT2D eigenvalue weighted by molar-refractivity contribution is 0.668. The molecular formula is C69H44N2O2. The van der Waals surface area contributed by atoms with Crippen molar-refractivity contribution in [1.82, 2.24) is 0 Å². The number of benzene rings is 12. The molecule has 0 saturated carbocycles. The Morgan fingerprint density at radius 1 is 0.288 bits per heavy atom. The second-order valence-corrected chi connectivity index (χ2v) is 19.1. The minimum absolute atomic E-state index is 0.811. The molecule has 73 heavy (non-hydrogen) atoms. The first-order valence-electron chi connectivity index (χ1n) is 25.0. The minimum Gasteiger partial charge on any atom is -0.454 e. The Kier molecular flexibility index (Phi) is 9.14. The van der Waals surface area contributed by atoms with Crippen LogP contribution in [0.3, 0.4) is 0 Å². The van der Waals surface area contributed by atoms with Gasteiger partial charge >= 0.3 is 0 Å². The lowest BCUT2D eigenvalue weighted by Gasteiger charge is -2.36. The molecular weight excluding hydrogens is 889 g/mol. The van der Waals surface area contributed by atoms with Gasteiger partial charge in [0.25, 0.3) is 0 Å². The van der Waals surface area contributed by atoms with Crippen molar-refractivity contribution in [2.45, 2.75) is 5.41 Å². The predicted octanol–water partition coefficient (Wildman–Crippen LogP) is 19.1. The van der Waals surface area contributed by atoms with E-state index in [9.17, 15) is 0 Å². The van der Waals surface area contributed by atoms with E-state index in [1.54, 1.807) is 0 Å². The molecule has 12 aromatic carbocycles. The SMILES string of the molecule is c1ccc(N(c2cccc3ccccc23)c2cc3c(c4c2oc2ccccc24)-c2c(cc(N(c4ccccc4)c4cccc5ccccc45)c4oc5ccccc5c24)C3(c2ccccc2)c2ccccc2)cc1. The van der Waals surface area contributed by atoms with Crippen LogP contribution >= 0.6 is 0 Å². The zero-order valence-corrected chi connectivity index (χ0v) is 39.6. The van der Waals surface area contributed by atoms with Gasteiger partial charge in [0, 0.05) is 43.7 Å². The van der Waals surface area contributed by atoms with Crippen molar-refractivity contribution in [3.8, 4) is 11.1 Å². The van der Waals surface area contributed by atoms with Crippen molar-refractivity contribution >= 4 is 99.5 Å². The van der Waals surface area contributed by atoms with Gasteiger partial charge in [0.05, 0.1) is 28.2 Å². The van der Waals surface area contributed by atoms with Gasteiger partial charge in [-0.2, -0.15) is 0 Å². The Balaban J connectivity index is 1.18. The lowest BCUT2D eigenvalue weighted by Crippen LogP contribution is -2.29. The number of anilines is 6. The largest absolute Gasteiger partial charge is 0.454 e. The molecule has 2 heterocycles. The normalized spacial score (nSPS) is 12.8. The Bertz CT molecular complexity index is 4150. The third kappa shape index (κ3) is 6.01. The molecule has 0 saturated heterocycles. The highest BCUT2D eigenvalue weighted by atomic mass is 16.3. The summed E-state index contributed by atoms with van der Waals surface area (Å²) in [5, 5.41) is 8.84. The van der Waals surface area contributed by atoms with Crippen molar-refractivity contribution in [1.29, 1.82) is 0 Å². The second-order valence-electron chi connectivity index (χ2n) is 19.1. The average Bonchev–Trinajstić information content (AvgIpc) is 4.13. The molecule has 4 heteroatoms. The van der Waals surface area contributed by atoms with Crippen molar-refractivity contribution < 1.29 is 8.83 Å². The van der Waals surface area contributed by atoms with Gasteiger partial charge in [-0.1, -0.05) is 206 Å². The van der Waals surface area contributed by atoms with Crippen LogP contribution in [0, 0.1) is 0 Å². The number of nitrogens with zero attached hydrogens (tertiary/aromatic N) is 2. The number of para-hydroxylation sites is 4. The highest BCUT2D eigenvalue weighted by molar-refractivity contribution is 6.27. The molecule has 0 amide bonds. The lowest BCUT2D eigenvalue weighted by atomic mass is 9.67. The van der Waals surface area contributed by atoms with Gasteiger partial charge in [-0.3, -0.25) is 0 Å². The number of hydrogen-bond donors (Lipinski definition) is 0. The predicted molar refractivity (Wildman–Crippen MR) is 303 cm³/mol. The van der Waals surface area contributed by atoms with Crippen molar-refractivity contribution in [3.05, 3.63) is 289 Å². The molecule has 0 unspecified atom stereocenters. The highest BCUT2D eigenvalue weighted by Gasteiger charge is 2.50. The van der Waals surface area contributed by atoms with E-state index in [2.05, 4.69) is 277 Å². The van der Waals surface area contributed by atoms with Crippen LogP contribution in [0.4, 0.5) is 34.1 Å². The fourth-order valence-electron chi connectivity index (χ4n) is 12.3. The summed E-state index contributed by atoms with van der Waals surface area (Å²) in [7, 11) is 0. The van der Waals surface area contributed by atoms with E-state index >= 15 is 0 Å². The summed E-state index contributed by atoms with van der Waals surface area (Å²) in [6.07, 6.45) is 0. The van der Waals surface area contributed by atoms with Crippen molar-refractivity contribution in [2.75, 3.05) is 9.80 Å². The summed E-state index contributed by atoms with van der Waals surface area (Å²) in [4.78, 5) is 4.84. The molecule has 0 fully saturated rings. The van der Waals surface area contributed by atoms with Gasteiger partial charge in [-0.15, -0.1) is 0 Å². The second kappa shape index (κ2) is 16.2. The van der Waals surface area contributed by atoms with Crippen LogP contribution < -0.4 is 9.80 Å². The standard InChI is InChI=1S/C69H44N2O2/c1-5-27-47(28-6-1)69(48-29-7-2-8-30-48)55-43-59(70(49-31-9-3-10-32-49)57-39-21-25-45-23-13-15-35-51(45)57)67-63(53-37-17-19-41-61(53)72-67)65(55)66-56(69)44-60(68-64(66)54-38-18-20-42-62(54)73-68)71(50-33-11-4-12-34-50)58-40-22-26-46-24-14-16-36-52(46)58/h1-44H. The molecule has 0 bridgehead atoms. The summed E-state index contributed by atoms with van der Waals surface area (Å²) in [6, 6.07) is 96.4. The van der Waals surface area contributed by atoms with Crippen LogP contribution in [0.25, 0.3) is 76.5 Å². The molecule has 1 aliphatic rings. The Hall–Kier alpha value is -9.64. The topological polar surface area (TPSA) is 32.8 Å². The molecule has 4 nitrogen and oxygen atoms in total. The average molecular weight is 933 g/mol. The first kappa shape index (κ1) is 41.2. The first-order valence-corrected chi connectivity index (χ1v) is 25.0. The van der Waals surface area contributed by atoms with E-state index in [0.29, 0.717) is 0 Å². The van der Waals surface area contributed by atoms with E-state index in [1.165, 1.54) is 0 Å². The van der Waals surface area contributed by atoms with Crippen LogP contribution in [0.5, 0.6) is 0 Å². The molecule has 0 aliphatic heterocycles. The monoisotopic (exact) mass is 932 g/mol. The summed E-state index contributed by atoms with van der Waals surface area (Å²) in [5.74, 6) is 0. The molecule has 1 aliphatic carbocycles. The van der Waals surface area contributed by atoms with Gasteiger partial charge in [0.1, 0.15) is 11.2 Å². The third-order valence-corrected chi connectivity index (χ3v) is 15.3. The number of furan rings is 2. The quantitative estimate of drug-likeness (QED) is 0.152. The van der Waals surface area contributed by atoms with Crippen LogP contribution in [0.2, 0.25) is 0 Å². The number of fused-ring (bicyclic) bond motifs is 13. The molecule has 0 atom stereocenters. The maximum absolute atomic E-state index is 7.37. The van der Waals surface area contributed by atoms with E-state index in [0.717, 1.165) is 133 Å². The van der Waals surface area contributed by atoms with Crippen LogP contribution in [0.15, 0.2) is 276 Å². The van der Waals surface area contributed by atoms with Gasteiger partial charge in [0.2, 0.25) is 0 Å². The summed E-state index contributed by atoms with van der Waals surface area (Å²) >= 11 is 0. The Morgan fingerprint density at radius 2 is 0.630 bits per heavy atom. The van der Waals surface area contributed by atoms with E-state index in [1.807, 2.05) is 0 Å². The van der Waals surface area contributed by atoms with Crippen molar-refractivity contribution in [2.24, 2.45) is 0 Å². The van der Waals surface area contributed by atoms with Gasteiger partial charge in [-0.05, 0) is 105 Å². The molecule has 0 spiro atoms. The minimum atomic E-state index is -0.863. The van der Waals surface area contributed by atoms with Crippen LogP contribution in [-0.4, -0.2) is 0 Å². The van der Waals surface area contributed by atoms with Crippen LogP contribution in [0.1, 0.15) is 22.3 Å². The molecule has 0 radical (unpaired) electrons. The molecule has 0 N–H and O–H groups in total. The fraction of sp³-hybridized carbons (Fsp3) is 0.0145. The van der Waals surface area contributed by atoms with Crippen LogP contribution in [-0.2, 0) is 5.41 Å². The number of rotatable bonds is 8. The van der Waals surface area contributed by atoms with Crippen molar-refractivity contribution in [3.63, 3.8) is 0 Å². The van der Waals surface area contributed by atoms with E-state index < -0.39 is 5.41 Å². The Morgan fingerprint density at radius 3 is 1.05 bits per heavy atom. The van der Waals surface area contributed by atoms with E-state index in [4.69, 9.17) is 8.83 Å². The van der Waals surface area contributed by atoms with E-state index in [-0.39, 0.29) is 0 Å². The summed E-state index contributed by atoms with van der Waals surface area (Å²) in [5.41, 5.74) is 15.4. The Labute approximate surface area is 421 Å². The maximum atomic E-state index is 7.37. The number of hydrogen-bond acceptors (Lipinski definition) is 4. The molecule has 2 aromatic heterocycles. The van der Waals surface area contributed by atoms with Gasteiger partial charge < -0.3 is 18.6 Å². The summed E-state index contributed by atoms with van der Waals surface area (Å²) in [6.45, 7) is 0. The fourth-order valence-corrected chi connectivity index (χ4v) is 12.3.